The minimum absolute atomic E-state index is 0.0860. The van der Waals surface area contributed by atoms with Gasteiger partial charge in [0.25, 0.3) is 11.4 Å². The van der Waals surface area contributed by atoms with Gasteiger partial charge in [-0.05, 0) is 24.6 Å². The molecule has 0 spiro atoms. The minimum atomic E-state index is -0.783. The molecule has 0 aliphatic rings. The summed E-state index contributed by atoms with van der Waals surface area (Å²) in [5.41, 5.74) is 12.1. The van der Waals surface area contributed by atoms with Crippen LogP contribution in [0.3, 0.4) is 0 Å². The number of nitrogen functional groups attached to an aromatic ring is 2. The number of nitrogens with two attached hydrogens (primary N) is 2. The lowest BCUT2D eigenvalue weighted by Crippen LogP contribution is -2.02. The molecule has 0 atom stereocenters. The van der Waals surface area contributed by atoms with E-state index >= 15 is 0 Å². The Morgan fingerprint density at radius 1 is 1.05 bits per heavy atom. The van der Waals surface area contributed by atoms with E-state index in [1.54, 1.807) is 19.1 Å². The average molecular weight is 323 g/mol. The first kappa shape index (κ1) is 15.5. The fraction of sp³-hybridized carbons (Fsp3) is 0.0769. The first-order valence-corrected chi connectivity index (χ1v) is 6.39. The normalized spacial score (nSPS) is 10.5. The highest BCUT2D eigenvalue weighted by Gasteiger charge is 2.26. The molecule has 0 aromatic heterocycles. The zero-order valence-electron chi connectivity index (χ0n) is 11.4. The van der Waals surface area contributed by atoms with Gasteiger partial charge in [0.05, 0.1) is 32.9 Å². The Hall–Kier alpha value is -2.87. The van der Waals surface area contributed by atoms with Gasteiger partial charge in [-0.1, -0.05) is 17.7 Å². The van der Waals surface area contributed by atoms with E-state index in [1.807, 2.05) is 0 Å². The van der Waals surface area contributed by atoms with Crippen molar-refractivity contribution in [1.29, 1.82) is 0 Å². The van der Waals surface area contributed by atoms with Gasteiger partial charge in [0.15, 0.2) is 0 Å². The van der Waals surface area contributed by atoms with E-state index in [9.17, 15) is 20.2 Å². The summed E-state index contributed by atoms with van der Waals surface area (Å²) < 4.78 is 0. The highest BCUT2D eigenvalue weighted by atomic mass is 35.5. The number of nitrogens with zero attached hydrogens (tertiary/aromatic N) is 2. The number of nitro groups is 2. The van der Waals surface area contributed by atoms with Crippen LogP contribution in [-0.4, -0.2) is 9.85 Å². The molecule has 22 heavy (non-hydrogen) atoms. The first-order chi connectivity index (χ1) is 10.2. The molecule has 114 valence electrons. The molecule has 0 aliphatic heterocycles. The molecule has 8 nitrogen and oxygen atoms in total. The molecule has 2 aromatic carbocycles. The fourth-order valence-electron chi connectivity index (χ4n) is 2.14. The van der Waals surface area contributed by atoms with Crippen molar-refractivity contribution in [2.75, 3.05) is 11.5 Å². The Balaban J connectivity index is 2.87. The van der Waals surface area contributed by atoms with Crippen molar-refractivity contribution in [3.8, 4) is 11.1 Å². The Morgan fingerprint density at radius 3 is 2.18 bits per heavy atom. The molecule has 0 bridgehead atoms. The number of anilines is 2. The maximum absolute atomic E-state index is 11.3. The van der Waals surface area contributed by atoms with Crippen LogP contribution in [0.4, 0.5) is 22.7 Å². The number of benzene rings is 2. The third-order valence-corrected chi connectivity index (χ3v) is 3.52. The molecule has 0 aliphatic carbocycles. The standard InChI is InChI=1S/C13H11ClN4O4/c1-6-2-3-9(15)13(16)12(6)7-4-8(14)11(18(21)22)5-10(7)17(19)20/h2-5H,15-16H2,1H3. The van der Waals surface area contributed by atoms with E-state index in [1.165, 1.54) is 0 Å². The summed E-state index contributed by atoms with van der Waals surface area (Å²) in [6.45, 7) is 1.70. The molecule has 0 fully saturated rings. The maximum atomic E-state index is 11.3. The van der Waals surface area contributed by atoms with Gasteiger partial charge in [-0.3, -0.25) is 20.2 Å². The van der Waals surface area contributed by atoms with Gasteiger partial charge >= 0.3 is 0 Å². The van der Waals surface area contributed by atoms with Crippen molar-refractivity contribution >= 4 is 34.4 Å². The second-order valence-electron chi connectivity index (χ2n) is 4.60. The molecular formula is C13H11ClN4O4. The van der Waals surface area contributed by atoms with Crippen LogP contribution < -0.4 is 11.5 Å². The zero-order chi connectivity index (χ0) is 16.6. The van der Waals surface area contributed by atoms with Gasteiger partial charge in [-0.25, -0.2) is 0 Å². The van der Waals surface area contributed by atoms with Crippen LogP contribution in [0.15, 0.2) is 24.3 Å². The smallest absolute Gasteiger partial charge is 0.294 e. The summed E-state index contributed by atoms with van der Waals surface area (Å²) in [7, 11) is 0. The number of nitro benzene ring substituents is 2. The van der Waals surface area contributed by atoms with Crippen molar-refractivity contribution in [1.82, 2.24) is 0 Å². The molecule has 0 saturated heterocycles. The fourth-order valence-corrected chi connectivity index (χ4v) is 2.38. The zero-order valence-corrected chi connectivity index (χ0v) is 12.1. The number of aryl methyl sites for hydroxylation is 1. The molecule has 0 amide bonds. The molecule has 9 heteroatoms. The molecule has 0 unspecified atom stereocenters. The number of hydrogen-bond acceptors (Lipinski definition) is 6. The van der Waals surface area contributed by atoms with Crippen molar-refractivity contribution in [2.24, 2.45) is 0 Å². The monoisotopic (exact) mass is 322 g/mol. The topological polar surface area (TPSA) is 138 Å². The third-order valence-electron chi connectivity index (χ3n) is 3.22. The molecule has 2 aromatic rings. The SMILES string of the molecule is Cc1ccc(N)c(N)c1-c1cc(Cl)c([N+](=O)[O-])cc1[N+](=O)[O-]. The lowest BCUT2D eigenvalue weighted by molar-refractivity contribution is -0.393. The minimum Gasteiger partial charge on any atom is -0.397 e. The van der Waals surface area contributed by atoms with E-state index in [0.717, 1.165) is 12.1 Å². The number of hydrogen-bond donors (Lipinski definition) is 2. The van der Waals surface area contributed by atoms with Gasteiger partial charge in [0.1, 0.15) is 5.02 Å². The summed E-state index contributed by atoms with van der Waals surface area (Å²) in [4.78, 5) is 20.6. The Bertz CT molecular complexity index is 807. The van der Waals surface area contributed by atoms with Crippen LogP contribution in [0.2, 0.25) is 5.02 Å². The van der Waals surface area contributed by atoms with E-state index in [0.29, 0.717) is 11.1 Å². The van der Waals surface area contributed by atoms with E-state index in [-0.39, 0.29) is 22.0 Å². The van der Waals surface area contributed by atoms with Crippen molar-refractivity contribution in [2.45, 2.75) is 6.92 Å². The van der Waals surface area contributed by atoms with Crippen LogP contribution in [0.25, 0.3) is 11.1 Å². The van der Waals surface area contributed by atoms with Crippen LogP contribution in [0.5, 0.6) is 0 Å². The largest absolute Gasteiger partial charge is 0.397 e. The third kappa shape index (κ3) is 2.51. The van der Waals surface area contributed by atoms with Crippen LogP contribution >= 0.6 is 11.6 Å². The van der Waals surface area contributed by atoms with Crippen molar-refractivity contribution < 1.29 is 9.85 Å². The Kier molecular flexibility index (Phi) is 3.87. The van der Waals surface area contributed by atoms with Gasteiger partial charge in [0, 0.05) is 5.56 Å². The first-order valence-electron chi connectivity index (χ1n) is 6.01. The van der Waals surface area contributed by atoms with Crippen LogP contribution in [0.1, 0.15) is 5.56 Å². The van der Waals surface area contributed by atoms with Gasteiger partial charge in [0.2, 0.25) is 0 Å². The predicted octanol–water partition coefficient (Wildman–Crippen LogP) is 3.30. The summed E-state index contributed by atoms with van der Waals surface area (Å²) >= 11 is 5.86. The predicted molar refractivity (Wildman–Crippen MR) is 83.8 cm³/mol. The van der Waals surface area contributed by atoms with E-state index in [2.05, 4.69) is 0 Å². The molecule has 0 saturated carbocycles. The van der Waals surface area contributed by atoms with Gasteiger partial charge < -0.3 is 11.5 Å². The second-order valence-corrected chi connectivity index (χ2v) is 5.00. The molecule has 2 rings (SSSR count). The molecule has 0 radical (unpaired) electrons. The number of halogens is 1. The highest BCUT2D eigenvalue weighted by Crippen LogP contribution is 2.42. The quantitative estimate of drug-likeness (QED) is 0.505. The van der Waals surface area contributed by atoms with Crippen molar-refractivity contribution in [3.05, 3.63) is 55.1 Å². The summed E-state index contributed by atoms with van der Waals surface area (Å²) in [6, 6.07) is 5.21. The van der Waals surface area contributed by atoms with Crippen molar-refractivity contribution in [3.63, 3.8) is 0 Å². The Labute approximate surface area is 129 Å². The maximum Gasteiger partial charge on any atom is 0.294 e. The summed E-state index contributed by atoms with van der Waals surface area (Å²) in [5.74, 6) is 0. The average Bonchev–Trinajstić information content (AvgIpc) is 2.42. The molecule has 4 N–H and O–H groups in total. The second kappa shape index (κ2) is 5.49. The summed E-state index contributed by atoms with van der Waals surface area (Å²) in [6.07, 6.45) is 0. The molecular weight excluding hydrogens is 312 g/mol. The van der Waals surface area contributed by atoms with E-state index in [4.69, 9.17) is 23.1 Å². The van der Waals surface area contributed by atoms with Crippen LogP contribution in [-0.2, 0) is 0 Å². The molecule has 0 heterocycles. The number of rotatable bonds is 3. The lowest BCUT2D eigenvalue weighted by atomic mass is 9.96. The van der Waals surface area contributed by atoms with Crippen LogP contribution in [0, 0.1) is 27.2 Å². The highest BCUT2D eigenvalue weighted by molar-refractivity contribution is 6.33. The van der Waals surface area contributed by atoms with E-state index < -0.39 is 21.2 Å². The summed E-state index contributed by atoms with van der Waals surface area (Å²) in [5, 5.41) is 21.9. The van der Waals surface area contributed by atoms with Gasteiger partial charge in [-0.2, -0.15) is 0 Å². The Morgan fingerprint density at radius 2 is 1.64 bits per heavy atom. The lowest BCUT2D eigenvalue weighted by Gasteiger charge is -2.12. The van der Waals surface area contributed by atoms with Gasteiger partial charge in [-0.15, -0.1) is 0 Å².